The highest BCUT2D eigenvalue weighted by atomic mass is 79.9. The Labute approximate surface area is 127 Å². The minimum absolute atomic E-state index is 0.134. The SMILES string of the molecule is Cc1cc(NC(=O)CNS(=O)(=O)c2ccc(Br)s2)no1. The third-order valence-electron chi connectivity index (χ3n) is 2.13. The number of carbonyl (C=O) groups excluding carboxylic acids is 1. The van der Waals surface area contributed by atoms with Gasteiger partial charge < -0.3 is 9.84 Å². The minimum Gasteiger partial charge on any atom is -0.360 e. The van der Waals surface area contributed by atoms with Crippen molar-refractivity contribution in [1.29, 1.82) is 0 Å². The molecule has 0 bridgehead atoms. The van der Waals surface area contributed by atoms with Gasteiger partial charge >= 0.3 is 0 Å². The lowest BCUT2D eigenvalue weighted by atomic mass is 10.5. The topological polar surface area (TPSA) is 101 Å². The molecule has 2 heterocycles. The molecule has 2 aromatic heterocycles. The van der Waals surface area contributed by atoms with Crippen molar-refractivity contribution in [3.05, 3.63) is 27.7 Å². The molecular weight excluding hydrogens is 370 g/mol. The van der Waals surface area contributed by atoms with Gasteiger partial charge in [-0.05, 0) is 35.0 Å². The molecule has 7 nitrogen and oxygen atoms in total. The van der Waals surface area contributed by atoms with E-state index in [-0.39, 0.29) is 16.6 Å². The normalized spacial score (nSPS) is 11.5. The zero-order chi connectivity index (χ0) is 14.8. The number of thiophene rings is 1. The predicted octanol–water partition coefficient (Wildman–Crippen LogP) is 1.72. The van der Waals surface area contributed by atoms with Gasteiger partial charge in [0.25, 0.3) is 10.0 Å². The summed E-state index contributed by atoms with van der Waals surface area (Å²) in [7, 11) is -3.69. The van der Waals surface area contributed by atoms with Crippen molar-refractivity contribution in [3.8, 4) is 0 Å². The van der Waals surface area contributed by atoms with Gasteiger partial charge in [-0.25, -0.2) is 13.1 Å². The molecule has 2 rings (SSSR count). The fraction of sp³-hybridized carbons (Fsp3) is 0.200. The molecule has 2 N–H and O–H groups in total. The second-order valence-electron chi connectivity index (χ2n) is 3.75. The van der Waals surface area contributed by atoms with Gasteiger partial charge in [0, 0.05) is 6.07 Å². The number of aromatic nitrogens is 1. The fourth-order valence-corrected chi connectivity index (χ4v) is 4.32. The van der Waals surface area contributed by atoms with E-state index in [9.17, 15) is 13.2 Å². The van der Waals surface area contributed by atoms with Crippen molar-refractivity contribution in [3.63, 3.8) is 0 Å². The lowest BCUT2D eigenvalue weighted by Crippen LogP contribution is -2.32. The molecule has 0 aliphatic heterocycles. The van der Waals surface area contributed by atoms with E-state index in [1.54, 1.807) is 13.0 Å². The Morgan fingerprint density at radius 1 is 1.50 bits per heavy atom. The monoisotopic (exact) mass is 379 g/mol. The maximum absolute atomic E-state index is 11.9. The van der Waals surface area contributed by atoms with Crippen LogP contribution >= 0.6 is 27.3 Å². The molecule has 10 heteroatoms. The van der Waals surface area contributed by atoms with E-state index in [1.165, 1.54) is 12.1 Å². The summed E-state index contributed by atoms with van der Waals surface area (Å²) in [4.78, 5) is 11.6. The van der Waals surface area contributed by atoms with Crippen LogP contribution in [0.4, 0.5) is 5.82 Å². The molecule has 0 atom stereocenters. The number of aryl methyl sites for hydroxylation is 1. The van der Waals surface area contributed by atoms with Crippen LogP contribution in [-0.4, -0.2) is 26.0 Å². The zero-order valence-electron chi connectivity index (χ0n) is 10.2. The van der Waals surface area contributed by atoms with Crippen molar-refractivity contribution in [2.24, 2.45) is 0 Å². The minimum atomic E-state index is -3.69. The molecule has 0 saturated heterocycles. The van der Waals surface area contributed by atoms with Crippen LogP contribution in [-0.2, 0) is 14.8 Å². The number of anilines is 1. The van der Waals surface area contributed by atoms with Crippen LogP contribution in [0.25, 0.3) is 0 Å². The van der Waals surface area contributed by atoms with Crippen molar-refractivity contribution < 1.29 is 17.7 Å². The molecule has 0 aliphatic rings. The summed E-state index contributed by atoms with van der Waals surface area (Å²) in [5.74, 6) is 0.257. The molecule has 0 unspecified atom stereocenters. The predicted molar refractivity (Wildman–Crippen MR) is 77.1 cm³/mol. The average Bonchev–Trinajstić information content (AvgIpc) is 2.96. The summed E-state index contributed by atoms with van der Waals surface area (Å²) in [6.07, 6.45) is 0. The zero-order valence-corrected chi connectivity index (χ0v) is 13.4. The molecule has 0 saturated carbocycles. The van der Waals surface area contributed by atoms with E-state index in [4.69, 9.17) is 4.52 Å². The molecule has 2 aromatic rings. The van der Waals surface area contributed by atoms with Gasteiger partial charge in [0.1, 0.15) is 9.97 Å². The lowest BCUT2D eigenvalue weighted by molar-refractivity contribution is -0.115. The summed E-state index contributed by atoms with van der Waals surface area (Å²) in [5.41, 5.74) is 0. The standard InChI is InChI=1S/C10H10BrN3O4S2/c1-6-4-8(14-18-6)13-9(15)5-12-20(16,17)10-3-2-7(11)19-10/h2-4,12H,5H2,1H3,(H,13,14,15). The molecule has 20 heavy (non-hydrogen) atoms. The Bertz CT molecular complexity index is 722. The third kappa shape index (κ3) is 3.88. The number of amides is 1. The molecule has 108 valence electrons. The summed E-state index contributed by atoms with van der Waals surface area (Å²) in [6.45, 7) is 1.30. The number of nitrogens with one attached hydrogen (secondary N) is 2. The molecule has 0 spiro atoms. The van der Waals surface area contributed by atoms with Crippen LogP contribution in [0.3, 0.4) is 0 Å². The molecule has 1 amide bonds. The summed E-state index contributed by atoms with van der Waals surface area (Å²) in [6, 6.07) is 4.61. The van der Waals surface area contributed by atoms with Gasteiger partial charge in [-0.3, -0.25) is 4.79 Å². The van der Waals surface area contributed by atoms with E-state index in [2.05, 4.69) is 31.1 Å². The highest BCUT2D eigenvalue weighted by molar-refractivity contribution is 9.11. The first-order chi connectivity index (χ1) is 9.37. The van der Waals surface area contributed by atoms with Crippen LogP contribution in [0.5, 0.6) is 0 Å². The molecule has 0 aliphatic carbocycles. The molecule has 0 fully saturated rings. The van der Waals surface area contributed by atoms with Crippen LogP contribution in [0.2, 0.25) is 0 Å². The number of carbonyl (C=O) groups is 1. The van der Waals surface area contributed by atoms with Crippen LogP contribution in [0.1, 0.15) is 5.76 Å². The second-order valence-corrected chi connectivity index (χ2v) is 8.21. The van der Waals surface area contributed by atoms with Crippen molar-refractivity contribution in [1.82, 2.24) is 9.88 Å². The van der Waals surface area contributed by atoms with Gasteiger partial charge in [0.2, 0.25) is 5.91 Å². The Kier molecular flexibility index (Phi) is 4.58. The van der Waals surface area contributed by atoms with E-state index in [0.717, 1.165) is 11.3 Å². The Morgan fingerprint density at radius 2 is 2.25 bits per heavy atom. The fourth-order valence-electron chi connectivity index (χ4n) is 1.29. The van der Waals surface area contributed by atoms with Gasteiger partial charge in [-0.2, -0.15) is 0 Å². The van der Waals surface area contributed by atoms with Gasteiger partial charge in [0.05, 0.1) is 10.3 Å². The molecular formula is C10H10BrN3O4S2. The second kappa shape index (κ2) is 6.04. The van der Waals surface area contributed by atoms with Crippen LogP contribution in [0.15, 0.2) is 30.7 Å². The summed E-state index contributed by atoms with van der Waals surface area (Å²) < 4.78 is 31.6. The van der Waals surface area contributed by atoms with Crippen molar-refractivity contribution >= 4 is 49.0 Å². The van der Waals surface area contributed by atoms with Crippen LogP contribution < -0.4 is 10.0 Å². The first kappa shape index (κ1) is 15.2. The quantitative estimate of drug-likeness (QED) is 0.823. The van der Waals surface area contributed by atoms with Crippen molar-refractivity contribution in [2.45, 2.75) is 11.1 Å². The average molecular weight is 380 g/mol. The van der Waals surface area contributed by atoms with E-state index >= 15 is 0 Å². The first-order valence-electron chi connectivity index (χ1n) is 5.35. The number of sulfonamides is 1. The number of rotatable bonds is 5. The largest absolute Gasteiger partial charge is 0.360 e. The summed E-state index contributed by atoms with van der Waals surface area (Å²) >= 11 is 4.24. The summed E-state index contributed by atoms with van der Waals surface area (Å²) in [5, 5.41) is 5.99. The van der Waals surface area contributed by atoms with E-state index in [1.807, 2.05) is 0 Å². The highest BCUT2D eigenvalue weighted by Crippen LogP contribution is 2.25. The lowest BCUT2D eigenvalue weighted by Gasteiger charge is -2.04. The van der Waals surface area contributed by atoms with Crippen molar-refractivity contribution in [2.75, 3.05) is 11.9 Å². The Morgan fingerprint density at radius 3 is 2.80 bits per heavy atom. The Balaban J connectivity index is 1.93. The molecule has 0 radical (unpaired) electrons. The molecule has 0 aromatic carbocycles. The first-order valence-corrected chi connectivity index (χ1v) is 8.44. The number of hydrogen-bond acceptors (Lipinski definition) is 6. The Hall–Kier alpha value is -1.23. The smallest absolute Gasteiger partial charge is 0.250 e. The number of hydrogen-bond donors (Lipinski definition) is 2. The highest BCUT2D eigenvalue weighted by Gasteiger charge is 2.18. The van der Waals surface area contributed by atoms with Crippen LogP contribution in [0, 0.1) is 6.92 Å². The van der Waals surface area contributed by atoms with Gasteiger partial charge in [-0.1, -0.05) is 5.16 Å². The van der Waals surface area contributed by atoms with E-state index < -0.39 is 15.9 Å². The number of halogens is 1. The maximum Gasteiger partial charge on any atom is 0.250 e. The van der Waals surface area contributed by atoms with E-state index in [0.29, 0.717) is 9.55 Å². The number of nitrogens with zero attached hydrogens (tertiary/aromatic N) is 1. The van der Waals surface area contributed by atoms with Gasteiger partial charge in [-0.15, -0.1) is 11.3 Å². The van der Waals surface area contributed by atoms with Gasteiger partial charge in [0.15, 0.2) is 5.82 Å². The maximum atomic E-state index is 11.9. The third-order valence-corrected chi connectivity index (χ3v) is 5.65.